The van der Waals surface area contributed by atoms with Gasteiger partial charge in [-0.2, -0.15) is 5.26 Å². The summed E-state index contributed by atoms with van der Waals surface area (Å²) in [5.41, 5.74) is 3.56. The monoisotopic (exact) mass is 255 g/mol. The number of nitrogens with zero attached hydrogens (tertiary/aromatic N) is 2. The third kappa shape index (κ3) is 2.45. The molecule has 19 heavy (non-hydrogen) atoms. The molecule has 3 heteroatoms. The fourth-order valence-corrected chi connectivity index (χ4v) is 3.39. The van der Waals surface area contributed by atoms with E-state index in [4.69, 9.17) is 0 Å². The minimum Gasteiger partial charge on any atom is -0.368 e. The maximum absolute atomic E-state index is 9.28. The first kappa shape index (κ1) is 12.5. The molecule has 0 aliphatic heterocycles. The molecule has 1 heterocycles. The first-order chi connectivity index (χ1) is 9.20. The molecule has 0 saturated heterocycles. The molecule has 0 amide bonds. The van der Waals surface area contributed by atoms with Crippen LogP contribution in [-0.2, 0) is 12.8 Å². The van der Waals surface area contributed by atoms with Crippen LogP contribution in [0.15, 0.2) is 6.07 Å². The number of anilines is 1. The Morgan fingerprint density at radius 2 is 2.11 bits per heavy atom. The molecule has 100 valence electrons. The summed E-state index contributed by atoms with van der Waals surface area (Å²) in [7, 11) is 0. The smallest absolute Gasteiger partial charge is 0.144 e. The van der Waals surface area contributed by atoms with Crippen LogP contribution >= 0.6 is 0 Å². The van der Waals surface area contributed by atoms with Crippen LogP contribution in [0.3, 0.4) is 0 Å². The summed E-state index contributed by atoms with van der Waals surface area (Å²) in [5.74, 6) is 0.802. The first-order valence-corrected chi connectivity index (χ1v) is 7.37. The van der Waals surface area contributed by atoms with Gasteiger partial charge in [0.05, 0.1) is 5.56 Å². The third-order valence-electron chi connectivity index (χ3n) is 4.66. The van der Waals surface area contributed by atoms with Gasteiger partial charge in [0, 0.05) is 12.2 Å². The predicted molar refractivity (Wildman–Crippen MR) is 76.0 cm³/mol. The number of fused-ring (bicyclic) bond motifs is 1. The van der Waals surface area contributed by atoms with E-state index in [1.165, 1.54) is 43.4 Å². The highest BCUT2D eigenvalue weighted by molar-refractivity contribution is 5.55. The number of aryl methyl sites for hydroxylation is 2. The van der Waals surface area contributed by atoms with E-state index in [2.05, 4.69) is 23.3 Å². The Kier molecular flexibility index (Phi) is 3.18. The van der Waals surface area contributed by atoms with E-state index in [1.54, 1.807) is 0 Å². The van der Waals surface area contributed by atoms with Crippen molar-refractivity contribution in [2.24, 2.45) is 5.41 Å². The van der Waals surface area contributed by atoms with Crippen LogP contribution in [-0.4, -0.2) is 11.5 Å². The lowest BCUT2D eigenvalue weighted by molar-refractivity contribution is 0.361. The third-order valence-corrected chi connectivity index (χ3v) is 4.66. The number of nitrogens with one attached hydrogen (secondary N) is 1. The topological polar surface area (TPSA) is 48.7 Å². The lowest BCUT2D eigenvalue weighted by atomic mass is 9.89. The van der Waals surface area contributed by atoms with Crippen molar-refractivity contribution in [2.45, 2.75) is 51.9 Å². The number of rotatable bonds is 3. The van der Waals surface area contributed by atoms with E-state index >= 15 is 0 Å². The molecule has 2 aliphatic rings. The Morgan fingerprint density at radius 1 is 1.32 bits per heavy atom. The Morgan fingerprint density at radius 3 is 2.84 bits per heavy atom. The molecule has 0 unspecified atom stereocenters. The van der Waals surface area contributed by atoms with Crippen molar-refractivity contribution in [1.29, 1.82) is 5.26 Å². The fraction of sp³-hybridized carbons (Fsp3) is 0.625. The van der Waals surface area contributed by atoms with Crippen LogP contribution in [0.5, 0.6) is 0 Å². The second kappa shape index (κ2) is 4.85. The van der Waals surface area contributed by atoms with Gasteiger partial charge in [0.1, 0.15) is 11.9 Å². The molecule has 2 aliphatic carbocycles. The minimum absolute atomic E-state index is 0.382. The molecule has 1 aromatic rings. The number of aromatic nitrogens is 1. The van der Waals surface area contributed by atoms with Gasteiger partial charge in [-0.15, -0.1) is 0 Å². The number of hydrogen-bond acceptors (Lipinski definition) is 3. The molecule has 0 spiro atoms. The summed E-state index contributed by atoms with van der Waals surface area (Å²) in [4.78, 5) is 4.68. The SMILES string of the molecule is CC1(CNc2nc3c(cc2C#N)CCC3)CCCC1. The first-order valence-electron chi connectivity index (χ1n) is 7.37. The molecule has 0 atom stereocenters. The van der Waals surface area contributed by atoms with E-state index in [1.807, 2.05) is 6.07 Å². The van der Waals surface area contributed by atoms with Crippen LogP contribution in [0.1, 0.15) is 55.8 Å². The molecule has 0 radical (unpaired) electrons. The minimum atomic E-state index is 0.382. The van der Waals surface area contributed by atoms with E-state index in [-0.39, 0.29) is 0 Å². The highest BCUT2D eigenvalue weighted by Crippen LogP contribution is 2.37. The molecule has 0 bridgehead atoms. The van der Waals surface area contributed by atoms with Crippen molar-refractivity contribution in [3.8, 4) is 6.07 Å². The van der Waals surface area contributed by atoms with E-state index < -0.39 is 0 Å². The summed E-state index contributed by atoms with van der Waals surface area (Å²) in [6.45, 7) is 3.28. The number of pyridine rings is 1. The van der Waals surface area contributed by atoms with Gasteiger partial charge in [-0.3, -0.25) is 0 Å². The Labute approximate surface area is 115 Å². The maximum atomic E-state index is 9.28. The highest BCUT2D eigenvalue weighted by Gasteiger charge is 2.28. The highest BCUT2D eigenvalue weighted by atomic mass is 15.0. The molecule has 1 N–H and O–H groups in total. The average molecular weight is 255 g/mol. The zero-order valence-corrected chi connectivity index (χ0v) is 11.6. The molecule has 0 aromatic carbocycles. The lowest BCUT2D eigenvalue weighted by Crippen LogP contribution is -2.24. The van der Waals surface area contributed by atoms with Crippen LogP contribution < -0.4 is 5.32 Å². The van der Waals surface area contributed by atoms with Crippen LogP contribution in [0.25, 0.3) is 0 Å². The van der Waals surface area contributed by atoms with Crippen molar-refractivity contribution in [2.75, 3.05) is 11.9 Å². The Balaban J connectivity index is 1.79. The summed E-state index contributed by atoms with van der Waals surface area (Å²) >= 11 is 0. The van der Waals surface area contributed by atoms with Crippen molar-refractivity contribution in [1.82, 2.24) is 4.98 Å². The van der Waals surface area contributed by atoms with E-state index in [0.29, 0.717) is 11.0 Å². The van der Waals surface area contributed by atoms with Gasteiger partial charge < -0.3 is 5.32 Å². The van der Waals surface area contributed by atoms with Gasteiger partial charge in [0.25, 0.3) is 0 Å². The van der Waals surface area contributed by atoms with Gasteiger partial charge in [-0.05, 0) is 49.1 Å². The Bertz CT molecular complexity index is 522. The van der Waals surface area contributed by atoms with Gasteiger partial charge in [-0.25, -0.2) is 4.98 Å². The fourth-order valence-electron chi connectivity index (χ4n) is 3.39. The van der Waals surface area contributed by atoms with Crippen LogP contribution in [0.2, 0.25) is 0 Å². The molecule has 1 saturated carbocycles. The largest absolute Gasteiger partial charge is 0.368 e. The molecule has 3 rings (SSSR count). The molecular formula is C16H21N3. The Hall–Kier alpha value is -1.56. The van der Waals surface area contributed by atoms with Crippen molar-refractivity contribution >= 4 is 5.82 Å². The summed E-state index contributed by atoms with van der Waals surface area (Å²) in [6.07, 6.45) is 8.55. The predicted octanol–water partition coefficient (Wildman–Crippen LogP) is 3.43. The number of hydrogen-bond donors (Lipinski definition) is 1. The molecular weight excluding hydrogens is 234 g/mol. The normalized spacial score (nSPS) is 20.0. The van der Waals surface area contributed by atoms with Crippen LogP contribution in [0.4, 0.5) is 5.82 Å². The van der Waals surface area contributed by atoms with E-state index in [0.717, 1.165) is 25.2 Å². The van der Waals surface area contributed by atoms with Gasteiger partial charge in [0.2, 0.25) is 0 Å². The van der Waals surface area contributed by atoms with E-state index in [9.17, 15) is 5.26 Å². The molecule has 1 aromatic heterocycles. The lowest BCUT2D eigenvalue weighted by Gasteiger charge is -2.24. The quantitative estimate of drug-likeness (QED) is 0.900. The van der Waals surface area contributed by atoms with Crippen molar-refractivity contribution < 1.29 is 0 Å². The zero-order valence-electron chi connectivity index (χ0n) is 11.6. The molecule has 3 nitrogen and oxygen atoms in total. The summed E-state index contributed by atoms with van der Waals surface area (Å²) in [6, 6.07) is 4.32. The van der Waals surface area contributed by atoms with Crippen molar-refractivity contribution in [3.63, 3.8) is 0 Å². The van der Waals surface area contributed by atoms with Gasteiger partial charge in [-0.1, -0.05) is 19.8 Å². The zero-order chi connectivity index (χ0) is 13.3. The summed E-state index contributed by atoms with van der Waals surface area (Å²) < 4.78 is 0. The number of nitriles is 1. The molecule has 1 fully saturated rings. The second-order valence-corrected chi connectivity index (χ2v) is 6.33. The van der Waals surface area contributed by atoms with Gasteiger partial charge >= 0.3 is 0 Å². The summed E-state index contributed by atoms with van der Waals surface area (Å²) in [5, 5.41) is 12.7. The maximum Gasteiger partial charge on any atom is 0.144 e. The average Bonchev–Trinajstić information content (AvgIpc) is 3.04. The van der Waals surface area contributed by atoms with Gasteiger partial charge in [0.15, 0.2) is 0 Å². The van der Waals surface area contributed by atoms with Crippen LogP contribution in [0, 0.1) is 16.7 Å². The standard InChI is InChI=1S/C16H21N3/c1-16(7-2-3-8-16)11-18-15-13(10-17)9-12-5-4-6-14(12)19-15/h9H,2-8,11H2,1H3,(H,18,19). The van der Waals surface area contributed by atoms with Crippen molar-refractivity contribution in [3.05, 3.63) is 22.9 Å². The second-order valence-electron chi connectivity index (χ2n) is 6.33.